The van der Waals surface area contributed by atoms with Crippen LogP contribution < -0.4 is 5.32 Å². The molecule has 0 spiro atoms. The number of hydrogen-bond donors (Lipinski definition) is 1. The van der Waals surface area contributed by atoms with Gasteiger partial charge in [0.05, 0.1) is 0 Å². The summed E-state index contributed by atoms with van der Waals surface area (Å²) in [5.74, 6) is -1.04. The van der Waals surface area contributed by atoms with E-state index in [1.165, 1.54) is 30.3 Å². The highest BCUT2D eigenvalue weighted by atomic mass is 19.1. The number of amides is 1. The minimum Gasteiger partial charge on any atom is -0.368 e. The van der Waals surface area contributed by atoms with Crippen LogP contribution in [-0.2, 0) is 9.53 Å². The predicted octanol–water partition coefficient (Wildman–Crippen LogP) is 3.75. The Morgan fingerprint density at radius 3 is 2.50 bits per heavy atom. The molecule has 1 N–H and O–H groups in total. The first-order valence-corrected chi connectivity index (χ1v) is 7.11. The number of halogens is 2. The van der Waals surface area contributed by atoms with E-state index in [1.807, 2.05) is 0 Å². The predicted molar refractivity (Wildman–Crippen MR) is 79.4 cm³/mol. The number of hydrogen-bond acceptors (Lipinski definition) is 2. The van der Waals surface area contributed by atoms with Gasteiger partial charge < -0.3 is 10.1 Å². The van der Waals surface area contributed by atoms with Crippen LogP contribution in [0.15, 0.2) is 42.5 Å². The molecule has 2 aromatic carbocycles. The Morgan fingerprint density at radius 2 is 1.82 bits per heavy atom. The molecule has 0 aliphatic carbocycles. The smallest absolute Gasteiger partial charge is 0.253 e. The van der Waals surface area contributed by atoms with E-state index in [0.29, 0.717) is 29.8 Å². The Morgan fingerprint density at radius 1 is 1.09 bits per heavy atom. The molecule has 1 aliphatic heterocycles. The quantitative estimate of drug-likeness (QED) is 0.938. The van der Waals surface area contributed by atoms with E-state index in [4.69, 9.17) is 4.74 Å². The fourth-order valence-electron chi connectivity index (χ4n) is 2.49. The lowest BCUT2D eigenvalue weighted by molar-refractivity contribution is -0.124. The molecule has 3 rings (SSSR count). The summed E-state index contributed by atoms with van der Waals surface area (Å²) in [5.41, 5.74) is 1.61. The first-order valence-electron chi connectivity index (χ1n) is 7.11. The van der Waals surface area contributed by atoms with E-state index in [0.717, 1.165) is 6.42 Å². The summed E-state index contributed by atoms with van der Waals surface area (Å²) in [4.78, 5) is 12.1. The Labute approximate surface area is 126 Å². The average molecular weight is 303 g/mol. The first-order chi connectivity index (χ1) is 10.6. The molecule has 1 unspecified atom stereocenters. The third kappa shape index (κ3) is 3.14. The molecule has 0 radical (unpaired) electrons. The summed E-state index contributed by atoms with van der Waals surface area (Å²) < 4.78 is 31.9. The minimum absolute atomic E-state index is 0.243. The summed E-state index contributed by atoms with van der Waals surface area (Å²) >= 11 is 0. The molecule has 0 aromatic heterocycles. The molecule has 5 heteroatoms. The molecule has 1 fully saturated rings. The highest BCUT2D eigenvalue weighted by molar-refractivity contribution is 5.98. The van der Waals surface area contributed by atoms with Gasteiger partial charge in [-0.2, -0.15) is 0 Å². The van der Waals surface area contributed by atoms with Crippen molar-refractivity contribution in [2.45, 2.75) is 18.9 Å². The lowest BCUT2D eigenvalue weighted by atomic mass is 10.0. The van der Waals surface area contributed by atoms with Crippen molar-refractivity contribution in [2.24, 2.45) is 0 Å². The van der Waals surface area contributed by atoms with E-state index >= 15 is 0 Å². The van der Waals surface area contributed by atoms with Crippen LogP contribution in [0.4, 0.5) is 14.5 Å². The van der Waals surface area contributed by atoms with Gasteiger partial charge in [-0.1, -0.05) is 12.1 Å². The highest BCUT2D eigenvalue weighted by Gasteiger charge is 2.24. The number of nitrogens with one attached hydrogen (secondary N) is 1. The summed E-state index contributed by atoms with van der Waals surface area (Å²) in [6.45, 7) is 0.576. The van der Waals surface area contributed by atoms with Gasteiger partial charge in [0.25, 0.3) is 5.91 Å². The molecule has 1 aliphatic rings. The molecule has 1 amide bonds. The number of carbonyl (C=O) groups is 1. The second-order valence-corrected chi connectivity index (χ2v) is 5.19. The van der Waals surface area contributed by atoms with Crippen molar-refractivity contribution in [1.82, 2.24) is 0 Å². The highest BCUT2D eigenvalue weighted by Crippen LogP contribution is 2.29. The fourth-order valence-corrected chi connectivity index (χ4v) is 2.49. The van der Waals surface area contributed by atoms with Crippen molar-refractivity contribution in [3.63, 3.8) is 0 Å². The second-order valence-electron chi connectivity index (χ2n) is 5.19. The van der Waals surface area contributed by atoms with Gasteiger partial charge in [0.15, 0.2) is 0 Å². The minimum atomic E-state index is -0.467. The maximum atomic E-state index is 13.5. The van der Waals surface area contributed by atoms with Crippen molar-refractivity contribution in [3.05, 3.63) is 54.1 Å². The van der Waals surface area contributed by atoms with Crippen LogP contribution in [-0.4, -0.2) is 18.6 Å². The monoisotopic (exact) mass is 303 g/mol. The standard InChI is InChI=1S/C17H15F2NO2/c18-12-5-3-11(4-6-12)14-10-13(19)7-8-15(14)20-17(21)16-2-1-9-22-16/h3-8,10,16H,1-2,9H2,(H,20,21). The van der Waals surface area contributed by atoms with Gasteiger partial charge in [-0.15, -0.1) is 0 Å². The Kier molecular flexibility index (Phi) is 4.15. The number of benzene rings is 2. The Bertz CT molecular complexity index is 680. The Balaban J connectivity index is 1.90. The maximum absolute atomic E-state index is 13.5. The lowest BCUT2D eigenvalue weighted by Crippen LogP contribution is -2.27. The third-order valence-corrected chi connectivity index (χ3v) is 3.62. The molecular weight excluding hydrogens is 288 g/mol. The number of rotatable bonds is 3. The largest absolute Gasteiger partial charge is 0.368 e. The van der Waals surface area contributed by atoms with E-state index < -0.39 is 11.9 Å². The topological polar surface area (TPSA) is 38.3 Å². The van der Waals surface area contributed by atoms with Crippen molar-refractivity contribution < 1.29 is 18.3 Å². The van der Waals surface area contributed by atoms with Gasteiger partial charge in [0, 0.05) is 17.9 Å². The molecule has 2 aromatic rings. The number of ether oxygens (including phenoxy) is 1. The van der Waals surface area contributed by atoms with Crippen molar-refractivity contribution in [1.29, 1.82) is 0 Å². The van der Waals surface area contributed by atoms with Crippen molar-refractivity contribution >= 4 is 11.6 Å². The summed E-state index contributed by atoms with van der Waals surface area (Å²) in [6, 6.07) is 9.78. The summed E-state index contributed by atoms with van der Waals surface area (Å²) in [7, 11) is 0. The van der Waals surface area contributed by atoms with Gasteiger partial charge in [0.1, 0.15) is 17.7 Å². The average Bonchev–Trinajstić information content (AvgIpc) is 3.04. The zero-order chi connectivity index (χ0) is 15.5. The molecule has 114 valence electrons. The van der Waals surface area contributed by atoms with E-state index in [-0.39, 0.29) is 11.7 Å². The molecule has 0 bridgehead atoms. The Hall–Kier alpha value is -2.27. The van der Waals surface area contributed by atoms with Crippen LogP contribution >= 0.6 is 0 Å². The molecule has 0 saturated carbocycles. The molecular formula is C17H15F2NO2. The van der Waals surface area contributed by atoms with Crippen LogP contribution in [0.5, 0.6) is 0 Å². The molecule has 3 nitrogen and oxygen atoms in total. The number of anilines is 1. The second kappa shape index (κ2) is 6.23. The zero-order valence-electron chi connectivity index (χ0n) is 11.8. The van der Waals surface area contributed by atoms with Gasteiger partial charge >= 0.3 is 0 Å². The molecule has 1 atom stereocenters. The van der Waals surface area contributed by atoms with Crippen LogP contribution in [0.3, 0.4) is 0 Å². The third-order valence-electron chi connectivity index (χ3n) is 3.62. The lowest BCUT2D eigenvalue weighted by Gasteiger charge is -2.14. The van der Waals surface area contributed by atoms with Gasteiger partial charge in [-0.25, -0.2) is 8.78 Å². The first kappa shape index (κ1) is 14.7. The van der Waals surface area contributed by atoms with Gasteiger partial charge in [-0.05, 0) is 48.7 Å². The van der Waals surface area contributed by atoms with Crippen LogP contribution in [0.25, 0.3) is 11.1 Å². The van der Waals surface area contributed by atoms with Crippen molar-refractivity contribution in [2.75, 3.05) is 11.9 Å². The van der Waals surface area contributed by atoms with Crippen LogP contribution in [0, 0.1) is 11.6 Å². The normalized spacial score (nSPS) is 17.5. The maximum Gasteiger partial charge on any atom is 0.253 e. The SMILES string of the molecule is O=C(Nc1ccc(F)cc1-c1ccc(F)cc1)C1CCCO1. The van der Waals surface area contributed by atoms with Crippen LogP contribution in [0.2, 0.25) is 0 Å². The van der Waals surface area contributed by atoms with E-state index in [9.17, 15) is 13.6 Å². The van der Waals surface area contributed by atoms with Crippen LogP contribution in [0.1, 0.15) is 12.8 Å². The molecule has 22 heavy (non-hydrogen) atoms. The van der Waals surface area contributed by atoms with Gasteiger partial charge in [-0.3, -0.25) is 4.79 Å². The summed E-state index contributed by atoms with van der Waals surface area (Å²) in [6.07, 6.45) is 1.07. The molecule has 1 saturated heterocycles. The summed E-state index contributed by atoms with van der Waals surface area (Å²) in [5, 5.41) is 2.77. The van der Waals surface area contributed by atoms with Crippen molar-refractivity contribution in [3.8, 4) is 11.1 Å². The number of carbonyl (C=O) groups excluding carboxylic acids is 1. The van der Waals surface area contributed by atoms with E-state index in [1.54, 1.807) is 12.1 Å². The van der Waals surface area contributed by atoms with Gasteiger partial charge in [0.2, 0.25) is 0 Å². The fraction of sp³-hybridized carbons (Fsp3) is 0.235. The zero-order valence-corrected chi connectivity index (χ0v) is 11.8. The van der Waals surface area contributed by atoms with E-state index in [2.05, 4.69) is 5.32 Å². The molecule has 1 heterocycles.